The molecule has 0 aliphatic rings. The van der Waals surface area contributed by atoms with Gasteiger partial charge in [0, 0.05) is 19.6 Å². The third-order valence-electron chi connectivity index (χ3n) is 3.02. The highest BCUT2D eigenvalue weighted by molar-refractivity contribution is 7.88. The van der Waals surface area contributed by atoms with Crippen LogP contribution in [0.25, 0.3) is 0 Å². The zero-order chi connectivity index (χ0) is 15.7. The van der Waals surface area contributed by atoms with E-state index in [0.717, 1.165) is 25.1 Å². The van der Waals surface area contributed by atoms with E-state index in [1.165, 1.54) is 5.56 Å². The maximum absolute atomic E-state index is 11.9. The van der Waals surface area contributed by atoms with Gasteiger partial charge in [-0.1, -0.05) is 31.2 Å². The highest BCUT2D eigenvalue weighted by atomic mass is 32.2. The molecule has 120 valence electrons. The number of nitrogens with zero attached hydrogens (tertiary/aromatic N) is 1. The Labute approximate surface area is 128 Å². The van der Waals surface area contributed by atoms with E-state index < -0.39 is 10.0 Å². The van der Waals surface area contributed by atoms with E-state index in [1.54, 1.807) is 0 Å². The predicted molar refractivity (Wildman–Crippen MR) is 87.6 cm³/mol. The molecule has 0 atom stereocenters. The molecule has 2 N–H and O–H groups in total. The first-order valence-electron chi connectivity index (χ1n) is 7.33. The van der Waals surface area contributed by atoms with Crippen molar-refractivity contribution in [3.05, 3.63) is 35.4 Å². The van der Waals surface area contributed by atoms with Gasteiger partial charge in [0.15, 0.2) is 0 Å². The van der Waals surface area contributed by atoms with E-state index in [4.69, 9.17) is 0 Å². The molecule has 0 aromatic heterocycles. The average Bonchev–Trinajstić information content (AvgIpc) is 2.40. The summed E-state index contributed by atoms with van der Waals surface area (Å²) in [4.78, 5) is 1.95. The molecule has 0 aliphatic heterocycles. The fourth-order valence-electron chi connectivity index (χ4n) is 1.86. The predicted octanol–water partition coefficient (Wildman–Crippen LogP) is 1.17. The minimum absolute atomic E-state index is 0.0309. The van der Waals surface area contributed by atoms with Crippen molar-refractivity contribution in [2.45, 2.75) is 25.6 Å². The summed E-state index contributed by atoms with van der Waals surface area (Å²) in [5.41, 5.74) is 1.98. The lowest BCUT2D eigenvalue weighted by Gasteiger charge is -2.11. The third-order valence-corrected chi connectivity index (χ3v) is 4.37. The molecule has 0 amide bonds. The van der Waals surface area contributed by atoms with Crippen LogP contribution in [0.5, 0.6) is 0 Å². The van der Waals surface area contributed by atoms with Crippen molar-refractivity contribution in [2.24, 2.45) is 0 Å². The average molecular weight is 313 g/mol. The maximum Gasteiger partial charge on any atom is 0.215 e. The number of nitrogens with one attached hydrogen (secondary N) is 2. The van der Waals surface area contributed by atoms with E-state index in [0.29, 0.717) is 13.1 Å². The summed E-state index contributed by atoms with van der Waals surface area (Å²) in [6, 6.07) is 7.73. The first-order chi connectivity index (χ1) is 9.93. The maximum atomic E-state index is 11.9. The van der Waals surface area contributed by atoms with Crippen molar-refractivity contribution in [3.8, 4) is 0 Å². The third kappa shape index (κ3) is 8.16. The largest absolute Gasteiger partial charge is 0.313 e. The van der Waals surface area contributed by atoms with Gasteiger partial charge in [0.05, 0.1) is 5.75 Å². The second-order valence-electron chi connectivity index (χ2n) is 5.45. The lowest BCUT2D eigenvalue weighted by molar-refractivity contribution is 0.412. The van der Waals surface area contributed by atoms with Crippen LogP contribution in [0.1, 0.15) is 24.5 Å². The van der Waals surface area contributed by atoms with Crippen molar-refractivity contribution in [1.82, 2.24) is 14.9 Å². The Morgan fingerprint density at radius 1 is 1.05 bits per heavy atom. The summed E-state index contributed by atoms with van der Waals surface area (Å²) in [5, 5.41) is 3.32. The van der Waals surface area contributed by atoms with E-state index in [-0.39, 0.29) is 5.75 Å². The van der Waals surface area contributed by atoms with Crippen LogP contribution in [0.2, 0.25) is 0 Å². The Morgan fingerprint density at radius 3 is 2.24 bits per heavy atom. The molecule has 0 radical (unpaired) electrons. The van der Waals surface area contributed by atoms with Gasteiger partial charge in [-0.3, -0.25) is 0 Å². The van der Waals surface area contributed by atoms with Gasteiger partial charge >= 0.3 is 0 Å². The van der Waals surface area contributed by atoms with E-state index >= 15 is 0 Å². The molecule has 5 nitrogen and oxygen atoms in total. The van der Waals surface area contributed by atoms with Gasteiger partial charge in [-0.15, -0.1) is 0 Å². The zero-order valence-electron chi connectivity index (χ0n) is 13.2. The lowest BCUT2D eigenvalue weighted by Crippen LogP contribution is -2.32. The van der Waals surface area contributed by atoms with Gasteiger partial charge in [0.1, 0.15) is 0 Å². The van der Waals surface area contributed by atoms with Crippen molar-refractivity contribution >= 4 is 10.0 Å². The molecule has 0 saturated carbocycles. The van der Waals surface area contributed by atoms with Crippen molar-refractivity contribution in [1.29, 1.82) is 0 Å². The van der Waals surface area contributed by atoms with Gasteiger partial charge < -0.3 is 10.2 Å². The van der Waals surface area contributed by atoms with Crippen LogP contribution in [-0.4, -0.2) is 47.0 Å². The SMILES string of the molecule is CCCNCc1ccc(CS(=O)(=O)NCCN(C)C)cc1. The molecule has 0 heterocycles. The Bertz CT molecular complexity index is 498. The van der Waals surface area contributed by atoms with Crippen LogP contribution in [0, 0.1) is 0 Å². The Hall–Kier alpha value is -0.950. The number of hydrogen-bond donors (Lipinski definition) is 2. The summed E-state index contributed by atoms with van der Waals surface area (Å²) in [6.45, 7) is 5.08. The van der Waals surface area contributed by atoms with Crippen LogP contribution in [0.15, 0.2) is 24.3 Å². The topological polar surface area (TPSA) is 61.4 Å². The molecule has 1 aromatic rings. The Morgan fingerprint density at radius 2 is 1.67 bits per heavy atom. The van der Waals surface area contributed by atoms with Gasteiger partial charge in [-0.2, -0.15) is 0 Å². The molecular weight excluding hydrogens is 286 g/mol. The fraction of sp³-hybridized carbons (Fsp3) is 0.600. The smallest absolute Gasteiger partial charge is 0.215 e. The zero-order valence-corrected chi connectivity index (χ0v) is 14.0. The second-order valence-corrected chi connectivity index (χ2v) is 7.26. The van der Waals surface area contributed by atoms with Gasteiger partial charge in [0.2, 0.25) is 10.0 Å². The minimum atomic E-state index is -3.26. The van der Waals surface area contributed by atoms with Crippen LogP contribution in [-0.2, 0) is 22.3 Å². The molecule has 0 aliphatic carbocycles. The van der Waals surface area contributed by atoms with Crippen molar-refractivity contribution in [2.75, 3.05) is 33.7 Å². The van der Waals surface area contributed by atoms with E-state index in [1.807, 2.05) is 43.3 Å². The number of sulfonamides is 1. The lowest BCUT2D eigenvalue weighted by atomic mass is 10.1. The van der Waals surface area contributed by atoms with E-state index in [9.17, 15) is 8.42 Å². The summed E-state index contributed by atoms with van der Waals surface area (Å²) in [6.07, 6.45) is 1.11. The van der Waals surface area contributed by atoms with Crippen LogP contribution in [0.3, 0.4) is 0 Å². The first kappa shape index (κ1) is 18.1. The molecule has 1 rings (SSSR count). The summed E-state index contributed by atoms with van der Waals surface area (Å²) >= 11 is 0. The molecule has 21 heavy (non-hydrogen) atoms. The molecular formula is C15H27N3O2S. The Kier molecular flexibility index (Phi) is 7.88. The van der Waals surface area contributed by atoms with Crippen LogP contribution >= 0.6 is 0 Å². The van der Waals surface area contributed by atoms with Crippen LogP contribution in [0.4, 0.5) is 0 Å². The standard InChI is InChI=1S/C15H27N3O2S/c1-4-9-16-12-14-5-7-15(8-6-14)13-21(19,20)17-10-11-18(2)3/h5-8,16-17H,4,9-13H2,1-3H3. The summed E-state index contributed by atoms with van der Waals surface area (Å²) < 4.78 is 26.5. The summed E-state index contributed by atoms with van der Waals surface area (Å²) in [5.74, 6) is 0.0309. The van der Waals surface area contributed by atoms with Gasteiger partial charge in [-0.05, 0) is 38.2 Å². The molecule has 0 fully saturated rings. The normalized spacial score (nSPS) is 12.0. The van der Waals surface area contributed by atoms with Gasteiger partial charge in [-0.25, -0.2) is 13.1 Å². The van der Waals surface area contributed by atoms with Gasteiger partial charge in [0.25, 0.3) is 0 Å². The molecule has 0 saturated heterocycles. The molecule has 6 heteroatoms. The fourth-order valence-corrected chi connectivity index (χ4v) is 2.99. The highest BCUT2D eigenvalue weighted by Crippen LogP contribution is 2.07. The highest BCUT2D eigenvalue weighted by Gasteiger charge is 2.10. The first-order valence-corrected chi connectivity index (χ1v) is 8.99. The number of likely N-dealkylation sites (N-methyl/N-ethyl adjacent to an activating group) is 1. The molecule has 0 bridgehead atoms. The van der Waals surface area contributed by atoms with Crippen molar-refractivity contribution in [3.63, 3.8) is 0 Å². The Balaban J connectivity index is 2.46. The van der Waals surface area contributed by atoms with E-state index in [2.05, 4.69) is 17.0 Å². The monoisotopic (exact) mass is 313 g/mol. The quantitative estimate of drug-likeness (QED) is 0.637. The molecule has 0 unspecified atom stereocenters. The molecule has 1 aromatic carbocycles. The van der Waals surface area contributed by atoms with Crippen LogP contribution < -0.4 is 10.0 Å². The number of rotatable bonds is 10. The minimum Gasteiger partial charge on any atom is -0.313 e. The number of hydrogen-bond acceptors (Lipinski definition) is 4. The number of benzene rings is 1. The summed E-state index contributed by atoms with van der Waals surface area (Å²) in [7, 11) is 0.576. The van der Waals surface area contributed by atoms with Crippen molar-refractivity contribution < 1.29 is 8.42 Å². The molecule has 0 spiro atoms. The second kappa shape index (κ2) is 9.15.